The fourth-order valence-corrected chi connectivity index (χ4v) is 4.27. The van der Waals surface area contributed by atoms with Crippen LogP contribution in [0.1, 0.15) is 22.2 Å². The number of rotatable bonds is 6. The quantitative estimate of drug-likeness (QED) is 0.721. The summed E-state index contributed by atoms with van der Waals surface area (Å²) >= 11 is 7.46. The summed E-state index contributed by atoms with van der Waals surface area (Å²) in [5.41, 5.74) is 1.52. The van der Waals surface area contributed by atoms with Crippen molar-refractivity contribution in [3.05, 3.63) is 45.8 Å². The summed E-state index contributed by atoms with van der Waals surface area (Å²) in [5, 5.41) is 4.15. The molecule has 1 saturated heterocycles. The number of hydrogen-bond donors (Lipinski definition) is 1. The largest absolute Gasteiger partial charge is 0.462 e. The number of ether oxygens (including phenoxy) is 1. The molecule has 2 aromatic rings. The maximum Gasteiger partial charge on any atom is 0.341 e. The lowest BCUT2D eigenvalue weighted by molar-refractivity contribution is -0.117. The minimum atomic E-state index is -0.405. The summed E-state index contributed by atoms with van der Waals surface area (Å²) in [7, 11) is 0. The lowest BCUT2D eigenvalue weighted by atomic mass is 10.2. The number of benzene rings is 1. The Bertz CT molecular complexity index is 847. The first kappa shape index (κ1) is 20.6. The van der Waals surface area contributed by atoms with Crippen molar-refractivity contribution >= 4 is 45.5 Å². The van der Waals surface area contributed by atoms with Crippen molar-refractivity contribution in [3.63, 3.8) is 0 Å². The van der Waals surface area contributed by atoms with E-state index >= 15 is 0 Å². The molecule has 28 heavy (non-hydrogen) atoms. The molecule has 0 radical (unpaired) electrons. The van der Waals surface area contributed by atoms with Crippen LogP contribution in [0.25, 0.3) is 0 Å². The van der Waals surface area contributed by atoms with Crippen LogP contribution in [-0.2, 0) is 9.53 Å². The van der Waals surface area contributed by atoms with Crippen molar-refractivity contribution in [2.75, 3.05) is 49.5 Å². The fraction of sp³-hybridized carbons (Fsp3) is 0.400. The molecule has 3 rings (SSSR count). The van der Waals surface area contributed by atoms with Crippen LogP contribution in [0.5, 0.6) is 0 Å². The molecule has 6 nitrogen and oxygen atoms in total. The standard InChI is InChI=1S/C20H24ClN3O3S/c1-3-27-20(26)17-11-14(2)28-19(17)22-18(25)13-23-7-9-24(10-8-23)16-6-4-5-15(21)12-16/h4-6,11-12H,3,7-10,13H2,1-2H3,(H,22,25). The van der Waals surface area contributed by atoms with Gasteiger partial charge in [-0.1, -0.05) is 17.7 Å². The molecule has 0 saturated carbocycles. The first-order chi connectivity index (χ1) is 13.5. The molecule has 8 heteroatoms. The van der Waals surface area contributed by atoms with E-state index in [-0.39, 0.29) is 5.91 Å². The molecule has 1 aliphatic heterocycles. The Labute approximate surface area is 174 Å². The predicted octanol–water partition coefficient (Wildman–Crippen LogP) is 3.65. The number of piperazine rings is 1. The Hall–Kier alpha value is -2.09. The third kappa shape index (κ3) is 5.25. The van der Waals surface area contributed by atoms with Crippen molar-refractivity contribution in [1.29, 1.82) is 0 Å². The minimum absolute atomic E-state index is 0.122. The molecule has 1 amide bonds. The zero-order chi connectivity index (χ0) is 20.1. The minimum Gasteiger partial charge on any atom is -0.462 e. The van der Waals surface area contributed by atoms with E-state index in [1.54, 1.807) is 13.0 Å². The number of anilines is 2. The summed E-state index contributed by atoms with van der Waals surface area (Å²) in [4.78, 5) is 29.9. The van der Waals surface area contributed by atoms with Gasteiger partial charge < -0.3 is 15.0 Å². The second-order valence-electron chi connectivity index (χ2n) is 6.61. The van der Waals surface area contributed by atoms with Gasteiger partial charge in [-0.3, -0.25) is 9.69 Å². The number of esters is 1. The number of hydrogen-bond acceptors (Lipinski definition) is 6. The first-order valence-electron chi connectivity index (χ1n) is 9.26. The van der Waals surface area contributed by atoms with E-state index in [4.69, 9.17) is 16.3 Å². The maximum atomic E-state index is 12.5. The van der Waals surface area contributed by atoms with Crippen LogP contribution < -0.4 is 10.2 Å². The molecule has 1 aromatic heterocycles. The summed E-state index contributed by atoms with van der Waals surface area (Å²) in [6.07, 6.45) is 0. The van der Waals surface area contributed by atoms with Gasteiger partial charge in [0.2, 0.25) is 5.91 Å². The SMILES string of the molecule is CCOC(=O)c1cc(C)sc1NC(=O)CN1CCN(c2cccc(Cl)c2)CC1. The number of carbonyl (C=O) groups is 2. The third-order valence-corrected chi connectivity index (χ3v) is 5.72. The molecule has 0 unspecified atom stereocenters. The van der Waals surface area contributed by atoms with E-state index in [0.29, 0.717) is 23.7 Å². The van der Waals surface area contributed by atoms with Gasteiger partial charge >= 0.3 is 5.97 Å². The number of aryl methyl sites for hydroxylation is 1. The highest BCUT2D eigenvalue weighted by atomic mass is 35.5. The molecule has 0 spiro atoms. The fourth-order valence-electron chi connectivity index (χ4n) is 3.17. The number of amides is 1. The van der Waals surface area contributed by atoms with Crippen LogP contribution in [-0.4, -0.2) is 56.1 Å². The topological polar surface area (TPSA) is 61.9 Å². The van der Waals surface area contributed by atoms with E-state index in [0.717, 1.165) is 41.8 Å². The molecule has 0 aliphatic carbocycles. The Kier molecular flexibility index (Phi) is 6.93. The van der Waals surface area contributed by atoms with Gasteiger partial charge in [-0.05, 0) is 38.1 Å². The van der Waals surface area contributed by atoms with Crippen LogP contribution in [0.2, 0.25) is 5.02 Å². The molecule has 2 heterocycles. The summed E-state index contributed by atoms with van der Waals surface area (Å²) in [6, 6.07) is 9.57. The summed E-state index contributed by atoms with van der Waals surface area (Å²) < 4.78 is 5.07. The third-order valence-electron chi connectivity index (χ3n) is 4.52. The van der Waals surface area contributed by atoms with Gasteiger partial charge in [-0.25, -0.2) is 4.79 Å². The van der Waals surface area contributed by atoms with Gasteiger partial charge in [-0.2, -0.15) is 0 Å². The number of nitrogens with one attached hydrogen (secondary N) is 1. The normalized spacial score (nSPS) is 14.8. The van der Waals surface area contributed by atoms with Gasteiger partial charge in [0, 0.05) is 41.8 Å². The van der Waals surface area contributed by atoms with E-state index in [1.807, 2.05) is 31.2 Å². The first-order valence-corrected chi connectivity index (χ1v) is 10.5. The smallest absolute Gasteiger partial charge is 0.341 e. The van der Waals surface area contributed by atoms with Crippen molar-refractivity contribution in [1.82, 2.24) is 4.90 Å². The Morgan fingerprint density at radius 2 is 1.96 bits per heavy atom. The molecule has 150 valence electrons. The predicted molar refractivity (Wildman–Crippen MR) is 114 cm³/mol. The highest BCUT2D eigenvalue weighted by molar-refractivity contribution is 7.16. The lowest BCUT2D eigenvalue weighted by Gasteiger charge is -2.35. The van der Waals surface area contributed by atoms with Crippen molar-refractivity contribution in [3.8, 4) is 0 Å². The second-order valence-corrected chi connectivity index (χ2v) is 8.30. The Balaban J connectivity index is 1.53. The molecule has 1 aromatic carbocycles. The van der Waals surface area contributed by atoms with Crippen LogP contribution in [0, 0.1) is 6.92 Å². The number of halogens is 1. The molecule has 1 aliphatic rings. The van der Waals surface area contributed by atoms with Gasteiger partial charge in [0.25, 0.3) is 0 Å². The highest BCUT2D eigenvalue weighted by Gasteiger charge is 2.22. The molecule has 0 atom stereocenters. The Morgan fingerprint density at radius 3 is 2.64 bits per heavy atom. The molecule has 0 bridgehead atoms. The van der Waals surface area contributed by atoms with Crippen LogP contribution in [0.4, 0.5) is 10.7 Å². The van der Waals surface area contributed by atoms with Crippen LogP contribution in [0.15, 0.2) is 30.3 Å². The second kappa shape index (κ2) is 9.41. The Morgan fingerprint density at radius 1 is 1.21 bits per heavy atom. The highest BCUT2D eigenvalue weighted by Crippen LogP contribution is 2.28. The zero-order valence-electron chi connectivity index (χ0n) is 16.0. The van der Waals surface area contributed by atoms with E-state index < -0.39 is 5.97 Å². The number of nitrogens with zero attached hydrogens (tertiary/aromatic N) is 2. The van der Waals surface area contributed by atoms with Gasteiger partial charge in [0.1, 0.15) is 5.00 Å². The van der Waals surface area contributed by atoms with Crippen molar-refractivity contribution in [2.45, 2.75) is 13.8 Å². The van der Waals surface area contributed by atoms with Gasteiger partial charge in [0.05, 0.1) is 18.7 Å². The van der Waals surface area contributed by atoms with E-state index in [1.165, 1.54) is 11.3 Å². The summed E-state index contributed by atoms with van der Waals surface area (Å²) in [6.45, 7) is 7.50. The average Bonchev–Trinajstić information content (AvgIpc) is 3.02. The van der Waals surface area contributed by atoms with Gasteiger partial charge in [0.15, 0.2) is 0 Å². The molecular formula is C20H24ClN3O3S. The maximum absolute atomic E-state index is 12.5. The zero-order valence-corrected chi connectivity index (χ0v) is 17.6. The summed E-state index contributed by atoms with van der Waals surface area (Å²) in [5.74, 6) is -0.527. The van der Waals surface area contributed by atoms with E-state index in [2.05, 4.69) is 15.1 Å². The van der Waals surface area contributed by atoms with Crippen LogP contribution in [0.3, 0.4) is 0 Å². The molecular weight excluding hydrogens is 398 g/mol. The average molecular weight is 422 g/mol. The molecule has 1 N–H and O–H groups in total. The lowest BCUT2D eigenvalue weighted by Crippen LogP contribution is -2.48. The molecule has 1 fully saturated rings. The van der Waals surface area contributed by atoms with E-state index in [9.17, 15) is 9.59 Å². The van der Waals surface area contributed by atoms with Crippen molar-refractivity contribution in [2.24, 2.45) is 0 Å². The monoisotopic (exact) mass is 421 g/mol. The van der Waals surface area contributed by atoms with Crippen LogP contribution >= 0.6 is 22.9 Å². The van der Waals surface area contributed by atoms with Crippen molar-refractivity contribution < 1.29 is 14.3 Å². The number of carbonyl (C=O) groups excluding carboxylic acids is 2. The van der Waals surface area contributed by atoms with Gasteiger partial charge in [-0.15, -0.1) is 11.3 Å². The number of thiophene rings is 1.